The molecule has 1 aromatic heterocycles. The third-order valence-electron chi connectivity index (χ3n) is 2.81. The Morgan fingerprint density at radius 3 is 2.55 bits per heavy atom. The summed E-state index contributed by atoms with van der Waals surface area (Å²) in [6, 6.07) is 13.1. The van der Waals surface area contributed by atoms with Crippen molar-refractivity contribution in [2.24, 2.45) is 5.73 Å². The fourth-order valence-corrected chi connectivity index (χ4v) is 1.83. The van der Waals surface area contributed by atoms with Gasteiger partial charge in [-0.2, -0.15) is 5.26 Å². The molecule has 0 aliphatic heterocycles. The van der Waals surface area contributed by atoms with E-state index in [1.807, 2.05) is 37.3 Å². The van der Waals surface area contributed by atoms with Crippen LogP contribution in [0.25, 0.3) is 11.3 Å². The number of hydrogen-bond donors (Lipinski definition) is 1. The maximum Gasteiger partial charge on any atom is 0.119 e. The molecule has 4 nitrogen and oxygen atoms in total. The van der Waals surface area contributed by atoms with Gasteiger partial charge in [0.15, 0.2) is 0 Å². The number of nitrogens with two attached hydrogens (primary N) is 1. The van der Waals surface area contributed by atoms with E-state index in [9.17, 15) is 5.26 Å². The van der Waals surface area contributed by atoms with Crippen LogP contribution in [0.15, 0.2) is 48.8 Å². The molecule has 1 heterocycles. The number of benzene rings is 1. The molecule has 0 radical (unpaired) electrons. The van der Waals surface area contributed by atoms with E-state index in [0.29, 0.717) is 23.4 Å². The molecule has 0 atom stereocenters. The normalized spacial score (nSPS) is 11.4. The van der Waals surface area contributed by atoms with Crippen LogP contribution in [0.5, 0.6) is 5.75 Å². The Morgan fingerprint density at radius 1 is 1.25 bits per heavy atom. The lowest BCUT2D eigenvalue weighted by molar-refractivity contribution is 0.340. The topological polar surface area (TPSA) is 71.9 Å². The highest BCUT2D eigenvalue weighted by molar-refractivity contribution is 5.95. The number of pyridine rings is 1. The van der Waals surface area contributed by atoms with Gasteiger partial charge in [-0.25, -0.2) is 0 Å². The molecule has 0 saturated carbocycles. The first-order valence-corrected chi connectivity index (χ1v) is 6.29. The molecule has 0 bridgehead atoms. The molecule has 0 fully saturated rings. The second-order valence-electron chi connectivity index (χ2n) is 4.10. The molecule has 2 N–H and O–H groups in total. The Bertz CT molecular complexity index is 640. The molecule has 4 heteroatoms. The average molecular weight is 265 g/mol. The van der Waals surface area contributed by atoms with Crippen molar-refractivity contribution < 1.29 is 4.74 Å². The zero-order valence-electron chi connectivity index (χ0n) is 11.2. The second-order valence-corrected chi connectivity index (χ2v) is 4.10. The molecule has 0 spiro atoms. The molecular weight excluding hydrogens is 250 g/mol. The lowest BCUT2D eigenvalue weighted by Gasteiger charge is -2.07. The molecule has 0 unspecified atom stereocenters. The van der Waals surface area contributed by atoms with Crippen molar-refractivity contribution >= 4 is 11.3 Å². The van der Waals surface area contributed by atoms with Crippen molar-refractivity contribution in [2.45, 2.75) is 6.92 Å². The van der Waals surface area contributed by atoms with E-state index in [2.05, 4.69) is 11.1 Å². The van der Waals surface area contributed by atoms with Gasteiger partial charge >= 0.3 is 0 Å². The summed E-state index contributed by atoms with van der Waals surface area (Å²) in [6.45, 7) is 2.54. The van der Waals surface area contributed by atoms with Gasteiger partial charge in [-0.05, 0) is 42.8 Å². The van der Waals surface area contributed by atoms with Gasteiger partial charge in [-0.3, -0.25) is 4.98 Å². The number of aromatic nitrogens is 1. The van der Waals surface area contributed by atoms with Gasteiger partial charge in [0, 0.05) is 18.0 Å². The summed E-state index contributed by atoms with van der Waals surface area (Å²) in [4.78, 5) is 4.01. The summed E-state index contributed by atoms with van der Waals surface area (Å²) in [6.07, 6.45) is 3.28. The van der Waals surface area contributed by atoms with E-state index in [-0.39, 0.29) is 0 Å². The van der Waals surface area contributed by atoms with E-state index < -0.39 is 0 Å². The van der Waals surface area contributed by atoms with Crippen LogP contribution >= 0.6 is 0 Å². The van der Waals surface area contributed by atoms with Crippen LogP contribution in [0.1, 0.15) is 18.1 Å². The largest absolute Gasteiger partial charge is 0.494 e. The maximum absolute atomic E-state index is 9.31. The minimum Gasteiger partial charge on any atom is -0.494 e. The summed E-state index contributed by atoms with van der Waals surface area (Å²) < 4.78 is 5.38. The van der Waals surface area contributed by atoms with Crippen LogP contribution in [0, 0.1) is 11.3 Å². The highest BCUT2D eigenvalue weighted by atomic mass is 16.5. The van der Waals surface area contributed by atoms with Crippen LogP contribution in [0.2, 0.25) is 0 Å². The Kier molecular flexibility index (Phi) is 4.35. The first-order valence-electron chi connectivity index (χ1n) is 6.29. The molecule has 0 amide bonds. The van der Waals surface area contributed by atoms with E-state index in [0.717, 1.165) is 11.3 Å². The molecule has 2 aromatic rings. The third kappa shape index (κ3) is 2.96. The summed E-state index contributed by atoms with van der Waals surface area (Å²) in [5, 5.41) is 9.31. The monoisotopic (exact) mass is 265 g/mol. The van der Waals surface area contributed by atoms with Crippen LogP contribution in [0.4, 0.5) is 0 Å². The summed E-state index contributed by atoms with van der Waals surface area (Å²) in [5.74, 6) is 0.781. The van der Waals surface area contributed by atoms with Gasteiger partial charge in [-0.1, -0.05) is 6.07 Å². The predicted molar refractivity (Wildman–Crippen MR) is 78.5 cm³/mol. The standard InChI is InChI=1S/C16H15N3O/c1-2-20-14-7-5-12(6-8-14)16(18)15(10-17)13-4-3-9-19-11-13/h3-9,11H,2,18H2,1H3/b16-15+. The number of rotatable bonds is 4. The van der Waals surface area contributed by atoms with Crippen molar-refractivity contribution in [3.63, 3.8) is 0 Å². The fourth-order valence-electron chi connectivity index (χ4n) is 1.83. The minimum absolute atomic E-state index is 0.419. The zero-order chi connectivity index (χ0) is 14.4. The average Bonchev–Trinajstić information content (AvgIpc) is 2.50. The summed E-state index contributed by atoms with van der Waals surface area (Å²) in [5.41, 5.74) is 8.44. The molecule has 2 rings (SSSR count). The molecule has 100 valence electrons. The van der Waals surface area contributed by atoms with E-state index in [1.165, 1.54) is 0 Å². The fraction of sp³-hybridized carbons (Fsp3) is 0.125. The lowest BCUT2D eigenvalue weighted by atomic mass is 10.0. The molecule has 0 saturated heterocycles. The van der Waals surface area contributed by atoms with Gasteiger partial charge in [0.1, 0.15) is 11.8 Å². The number of allylic oxidation sites excluding steroid dienone is 1. The molecule has 0 aliphatic carbocycles. The predicted octanol–water partition coefficient (Wildman–Crippen LogP) is 2.83. The third-order valence-corrected chi connectivity index (χ3v) is 2.81. The van der Waals surface area contributed by atoms with Crippen LogP contribution < -0.4 is 10.5 Å². The van der Waals surface area contributed by atoms with Gasteiger partial charge in [-0.15, -0.1) is 0 Å². The number of nitrogens with zero attached hydrogens (tertiary/aromatic N) is 2. The number of nitriles is 1. The zero-order valence-corrected chi connectivity index (χ0v) is 11.2. The van der Waals surface area contributed by atoms with E-state index in [1.54, 1.807) is 18.5 Å². The Balaban J connectivity index is 2.39. The summed E-state index contributed by atoms with van der Waals surface area (Å²) >= 11 is 0. The smallest absolute Gasteiger partial charge is 0.119 e. The Hall–Kier alpha value is -2.80. The quantitative estimate of drug-likeness (QED) is 0.863. The first-order chi connectivity index (χ1) is 9.76. The highest BCUT2D eigenvalue weighted by Crippen LogP contribution is 2.23. The summed E-state index contributed by atoms with van der Waals surface area (Å²) in [7, 11) is 0. The molecule has 0 aliphatic rings. The lowest BCUT2D eigenvalue weighted by Crippen LogP contribution is -2.01. The van der Waals surface area contributed by atoms with Crippen LogP contribution in [-0.4, -0.2) is 11.6 Å². The van der Waals surface area contributed by atoms with Gasteiger partial charge in [0.25, 0.3) is 0 Å². The van der Waals surface area contributed by atoms with Gasteiger partial charge in [0.05, 0.1) is 17.9 Å². The Morgan fingerprint density at radius 2 is 2.00 bits per heavy atom. The second kappa shape index (κ2) is 6.39. The van der Waals surface area contributed by atoms with Gasteiger partial charge in [0.2, 0.25) is 0 Å². The Labute approximate surface area is 118 Å². The maximum atomic E-state index is 9.31. The van der Waals surface area contributed by atoms with Crippen molar-refractivity contribution in [1.29, 1.82) is 5.26 Å². The molecular formula is C16H15N3O. The highest BCUT2D eigenvalue weighted by Gasteiger charge is 2.08. The number of ether oxygens (including phenoxy) is 1. The SMILES string of the molecule is CCOc1ccc(/C(N)=C(/C#N)c2cccnc2)cc1. The molecule has 20 heavy (non-hydrogen) atoms. The van der Waals surface area contributed by atoms with Crippen molar-refractivity contribution in [3.8, 4) is 11.8 Å². The van der Waals surface area contributed by atoms with Crippen LogP contribution in [-0.2, 0) is 0 Å². The van der Waals surface area contributed by atoms with Crippen molar-refractivity contribution in [1.82, 2.24) is 4.98 Å². The van der Waals surface area contributed by atoms with Crippen LogP contribution in [0.3, 0.4) is 0 Å². The van der Waals surface area contributed by atoms with Gasteiger partial charge < -0.3 is 10.5 Å². The van der Waals surface area contributed by atoms with E-state index >= 15 is 0 Å². The molecule has 1 aromatic carbocycles. The van der Waals surface area contributed by atoms with E-state index in [4.69, 9.17) is 10.5 Å². The first kappa shape index (κ1) is 13.6. The van der Waals surface area contributed by atoms with Crippen molar-refractivity contribution in [3.05, 3.63) is 59.9 Å². The minimum atomic E-state index is 0.419. The van der Waals surface area contributed by atoms with Crippen molar-refractivity contribution in [2.75, 3.05) is 6.61 Å². The number of hydrogen-bond acceptors (Lipinski definition) is 4.